The van der Waals surface area contributed by atoms with Crippen LogP contribution in [-0.2, 0) is 5.41 Å². The standard InChI is InChI=1S/C19H29N/c1-15-9-16(2)11-17(10-15)19(14-20-3)12-18(13-19)7-5-4-6-8-18/h9-11,20H,4-8,12-14H2,1-3H3. The Kier molecular flexibility index (Phi) is 3.66. The highest BCUT2D eigenvalue weighted by molar-refractivity contribution is 5.37. The molecular weight excluding hydrogens is 242 g/mol. The van der Waals surface area contributed by atoms with Crippen LogP contribution in [0.3, 0.4) is 0 Å². The lowest BCUT2D eigenvalue weighted by Gasteiger charge is -2.59. The monoisotopic (exact) mass is 271 g/mol. The lowest BCUT2D eigenvalue weighted by atomic mass is 9.46. The average molecular weight is 271 g/mol. The van der Waals surface area contributed by atoms with E-state index in [4.69, 9.17) is 0 Å². The third kappa shape index (κ3) is 2.41. The maximum absolute atomic E-state index is 3.47. The van der Waals surface area contributed by atoms with E-state index in [1.54, 1.807) is 5.56 Å². The smallest absolute Gasteiger partial charge is 0.00884 e. The van der Waals surface area contributed by atoms with Crippen molar-refractivity contribution in [2.75, 3.05) is 13.6 Å². The molecule has 2 fully saturated rings. The Hall–Kier alpha value is -0.820. The van der Waals surface area contributed by atoms with Crippen LogP contribution in [0.4, 0.5) is 0 Å². The summed E-state index contributed by atoms with van der Waals surface area (Å²) in [6, 6.07) is 7.16. The fourth-order valence-corrected chi connectivity index (χ4v) is 5.09. The highest BCUT2D eigenvalue weighted by atomic mass is 14.8. The minimum atomic E-state index is 0.406. The van der Waals surface area contributed by atoms with Gasteiger partial charge in [-0.15, -0.1) is 0 Å². The van der Waals surface area contributed by atoms with Gasteiger partial charge in [-0.05, 0) is 57.6 Å². The average Bonchev–Trinajstić information content (AvgIpc) is 2.37. The number of benzene rings is 1. The molecule has 2 aliphatic carbocycles. The number of likely N-dealkylation sites (N-methyl/N-ethyl adjacent to an activating group) is 1. The van der Waals surface area contributed by atoms with Crippen molar-refractivity contribution in [2.24, 2.45) is 5.41 Å². The fourth-order valence-electron chi connectivity index (χ4n) is 5.09. The van der Waals surface area contributed by atoms with Crippen LogP contribution in [0.1, 0.15) is 61.6 Å². The van der Waals surface area contributed by atoms with Crippen molar-refractivity contribution in [3.05, 3.63) is 34.9 Å². The summed E-state index contributed by atoms with van der Waals surface area (Å²) in [7, 11) is 2.11. The third-order valence-electron chi connectivity index (χ3n) is 5.69. The van der Waals surface area contributed by atoms with E-state index in [1.807, 2.05) is 0 Å². The molecule has 0 aliphatic heterocycles. The molecule has 1 aromatic carbocycles. The van der Waals surface area contributed by atoms with Crippen LogP contribution in [0.2, 0.25) is 0 Å². The quantitative estimate of drug-likeness (QED) is 0.853. The molecule has 0 aromatic heterocycles. The first-order valence-corrected chi connectivity index (χ1v) is 8.31. The summed E-state index contributed by atoms with van der Waals surface area (Å²) in [4.78, 5) is 0. The molecule has 20 heavy (non-hydrogen) atoms. The van der Waals surface area contributed by atoms with Crippen molar-refractivity contribution in [3.8, 4) is 0 Å². The van der Waals surface area contributed by atoms with Crippen molar-refractivity contribution in [1.29, 1.82) is 0 Å². The molecule has 1 heteroatoms. The van der Waals surface area contributed by atoms with Crippen LogP contribution in [-0.4, -0.2) is 13.6 Å². The first-order valence-electron chi connectivity index (χ1n) is 8.31. The first-order chi connectivity index (χ1) is 9.57. The maximum Gasteiger partial charge on any atom is 0.00884 e. The van der Waals surface area contributed by atoms with Gasteiger partial charge in [-0.2, -0.15) is 0 Å². The predicted molar refractivity (Wildman–Crippen MR) is 86.3 cm³/mol. The van der Waals surface area contributed by atoms with E-state index in [9.17, 15) is 0 Å². The van der Waals surface area contributed by atoms with Crippen LogP contribution in [0.15, 0.2) is 18.2 Å². The van der Waals surface area contributed by atoms with Gasteiger partial charge in [0.1, 0.15) is 0 Å². The molecule has 0 heterocycles. The Morgan fingerprint density at radius 2 is 1.55 bits per heavy atom. The van der Waals surface area contributed by atoms with Crippen molar-refractivity contribution in [3.63, 3.8) is 0 Å². The zero-order valence-electron chi connectivity index (χ0n) is 13.4. The normalized spacial score (nSPS) is 23.6. The highest BCUT2D eigenvalue weighted by Gasteiger charge is 2.54. The third-order valence-corrected chi connectivity index (χ3v) is 5.69. The second kappa shape index (κ2) is 5.18. The van der Waals surface area contributed by atoms with E-state index < -0.39 is 0 Å². The van der Waals surface area contributed by atoms with Gasteiger partial charge < -0.3 is 5.32 Å². The summed E-state index contributed by atoms with van der Waals surface area (Å²) < 4.78 is 0. The van der Waals surface area contributed by atoms with Crippen LogP contribution in [0, 0.1) is 19.3 Å². The van der Waals surface area contributed by atoms with Gasteiger partial charge in [0.05, 0.1) is 0 Å². The van der Waals surface area contributed by atoms with Crippen molar-refractivity contribution < 1.29 is 0 Å². The van der Waals surface area contributed by atoms with E-state index >= 15 is 0 Å². The Balaban J connectivity index is 1.86. The van der Waals surface area contributed by atoms with Gasteiger partial charge in [0.2, 0.25) is 0 Å². The highest BCUT2D eigenvalue weighted by Crippen LogP contribution is 2.61. The lowest BCUT2D eigenvalue weighted by Crippen LogP contribution is -2.55. The van der Waals surface area contributed by atoms with Crippen molar-refractivity contribution >= 4 is 0 Å². The number of rotatable bonds is 3. The van der Waals surface area contributed by atoms with Crippen molar-refractivity contribution in [1.82, 2.24) is 5.32 Å². The SMILES string of the molecule is CNCC1(c2cc(C)cc(C)c2)CC2(CCCCC2)C1. The summed E-state index contributed by atoms with van der Waals surface area (Å²) >= 11 is 0. The molecule has 110 valence electrons. The Labute approximate surface area is 124 Å². The Morgan fingerprint density at radius 1 is 0.950 bits per heavy atom. The molecule has 0 saturated heterocycles. The van der Waals surface area contributed by atoms with Crippen LogP contribution in [0.25, 0.3) is 0 Å². The lowest BCUT2D eigenvalue weighted by molar-refractivity contribution is -0.0119. The topological polar surface area (TPSA) is 12.0 Å². The summed E-state index contributed by atoms with van der Waals surface area (Å²) in [6.45, 7) is 5.61. The molecule has 2 saturated carbocycles. The zero-order valence-corrected chi connectivity index (χ0v) is 13.4. The first kappa shape index (κ1) is 14.1. The molecule has 1 aromatic rings. The number of hydrogen-bond acceptors (Lipinski definition) is 1. The van der Waals surface area contributed by atoms with Gasteiger partial charge in [-0.3, -0.25) is 0 Å². The molecule has 1 nitrogen and oxygen atoms in total. The summed E-state index contributed by atoms with van der Waals surface area (Å²) in [5, 5.41) is 3.47. The van der Waals surface area contributed by atoms with E-state index in [2.05, 4.69) is 44.4 Å². The molecule has 1 spiro atoms. The van der Waals surface area contributed by atoms with E-state index in [-0.39, 0.29) is 0 Å². The van der Waals surface area contributed by atoms with E-state index in [1.165, 1.54) is 56.1 Å². The van der Waals surface area contributed by atoms with Gasteiger partial charge >= 0.3 is 0 Å². The molecule has 0 radical (unpaired) electrons. The van der Waals surface area contributed by atoms with Gasteiger partial charge in [0, 0.05) is 12.0 Å². The molecule has 2 aliphatic rings. The number of hydrogen-bond donors (Lipinski definition) is 1. The molecule has 0 amide bonds. The second-order valence-electron chi connectivity index (χ2n) is 7.60. The van der Waals surface area contributed by atoms with Crippen molar-refractivity contribution in [2.45, 2.75) is 64.2 Å². The molecule has 3 rings (SSSR count). The van der Waals surface area contributed by atoms with E-state index in [0.29, 0.717) is 10.8 Å². The molecule has 0 atom stereocenters. The number of nitrogens with one attached hydrogen (secondary N) is 1. The largest absolute Gasteiger partial charge is 0.319 e. The predicted octanol–water partition coefficient (Wildman–Crippen LogP) is 4.50. The summed E-state index contributed by atoms with van der Waals surface area (Å²) in [6.07, 6.45) is 10.1. The molecule has 1 N–H and O–H groups in total. The van der Waals surface area contributed by atoms with Crippen LogP contribution < -0.4 is 5.32 Å². The summed E-state index contributed by atoms with van der Waals surface area (Å²) in [5.41, 5.74) is 5.51. The van der Waals surface area contributed by atoms with Crippen LogP contribution in [0.5, 0.6) is 0 Å². The van der Waals surface area contributed by atoms with Gasteiger partial charge in [0.25, 0.3) is 0 Å². The summed E-state index contributed by atoms with van der Waals surface area (Å²) in [5.74, 6) is 0. The van der Waals surface area contributed by atoms with E-state index in [0.717, 1.165) is 6.54 Å². The zero-order chi connectivity index (χ0) is 14.2. The molecule has 0 bridgehead atoms. The Bertz CT molecular complexity index is 454. The van der Waals surface area contributed by atoms with Gasteiger partial charge in [-0.1, -0.05) is 48.6 Å². The molecule has 0 unspecified atom stereocenters. The maximum atomic E-state index is 3.47. The number of aryl methyl sites for hydroxylation is 2. The Morgan fingerprint density at radius 3 is 2.10 bits per heavy atom. The minimum Gasteiger partial charge on any atom is -0.319 e. The fraction of sp³-hybridized carbons (Fsp3) is 0.684. The molecular formula is C19H29N. The van der Waals surface area contributed by atoms with Gasteiger partial charge in [-0.25, -0.2) is 0 Å². The van der Waals surface area contributed by atoms with Crippen LogP contribution >= 0.6 is 0 Å². The second-order valence-corrected chi connectivity index (χ2v) is 7.60. The minimum absolute atomic E-state index is 0.406. The van der Waals surface area contributed by atoms with Gasteiger partial charge in [0.15, 0.2) is 0 Å².